The topological polar surface area (TPSA) is 425 Å². The summed E-state index contributed by atoms with van der Waals surface area (Å²) in [6, 6.07) is 3.83. The maximum atomic E-state index is 15.4. The minimum atomic E-state index is -2.07. The summed E-state index contributed by atoms with van der Waals surface area (Å²) in [5, 5.41) is 43.1. The Morgan fingerprint density at radius 2 is 1.49 bits per heavy atom. The molecule has 1 unspecified atom stereocenters. The molecule has 2 aromatic heterocycles. The van der Waals surface area contributed by atoms with Crippen LogP contribution in [0.15, 0.2) is 52.8 Å². The van der Waals surface area contributed by atoms with Gasteiger partial charge in [-0.3, -0.25) is 33.6 Å². The number of fused-ring (bicyclic) bond motifs is 5. The highest BCUT2D eigenvalue weighted by molar-refractivity contribution is 5.99. The Balaban J connectivity index is 0.711. The number of rotatable bonds is 39. The molecule has 103 heavy (non-hydrogen) atoms. The molecule has 8 rings (SSSR count). The van der Waals surface area contributed by atoms with Crippen molar-refractivity contribution in [3.05, 3.63) is 103 Å². The molecule has 12 N–H and O–H groups in total. The van der Waals surface area contributed by atoms with Crippen LogP contribution in [0.1, 0.15) is 137 Å². The number of ether oxygens (including phenoxy) is 8. The molecule has 0 radical (unpaired) electrons. The molecular formula is C71H96FN11O20. The summed E-state index contributed by atoms with van der Waals surface area (Å²) >= 11 is 0. The van der Waals surface area contributed by atoms with Crippen LogP contribution in [0.5, 0.6) is 0 Å². The Hall–Kier alpha value is -9.02. The summed E-state index contributed by atoms with van der Waals surface area (Å²) in [6.07, 6.45) is 7.32. The van der Waals surface area contributed by atoms with Crippen LogP contribution < -0.4 is 53.8 Å². The minimum absolute atomic E-state index is 0.00701. The molecule has 0 saturated heterocycles. The number of benzene rings is 2. The van der Waals surface area contributed by atoms with Crippen molar-refractivity contribution in [1.29, 1.82) is 0 Å². The van der Waals surface area contributed by atoms with Crippen LogP contribution in [-0.4, -0.2) is 190 Å². The molecule has 0 spiro atoms. The van der Waals surface area contributed by atoms with Gasteiger partial charge in [0.25, 0.3) is 5.56 Å². The lowest BCUT2D eigenvalue weighted by Gasteiger charge is -2.31. The van der Waals surface area contributed by atoms with Crippen molar-refractivity contribution in [1.82, 2.24) is 46.8 Å². The van der Waals surface area contributed by atoms with Crippen molar-refractivity contribution in [3.8, 4) is 11.4 Å². The number of nitrogens with two attached hydrogens (primary N) is 1. The van der Waals surface area contributed by atoms with E-state index in [2.05, 4.69) is 55.5 Å². The second-order valence-corrected chi connectivity index (χ2v) is 25.9. The SMILES string of the molecule is CC[C@@]1(O)C(=O)OCc2c1cc1n(c2=O)Cc2c-1nc1cc(F)c(C)c3c1c2[C@@H](NC(=O)COCNC(=O)[C@H](CO)NC(=O)OCc1ccc(NC(=O)[C@H](CCCNC(N)=O)NC(=O)[C@@H](NC(=O)CCOCCOCCOCCOCCNC(=O)COC2/C=C(/C)CCCCC2)C(C)C)cc1)CC3. The van der Waals surface area contributed by atoms with Gasteiger partial charge < -0.3 is 101 Å². The van der Waals surface area contributed by atoms with E-state index >= 15 is 4.39 Å². The Labute approximate surface area is 595 Å². The number of primary amides is 1. The first kappa shape index (κ1) is 79.7. The Bertz CT molecular complexity index is 3780. The molecule has 562 valence electrons. The number of alkyl carbamates (subject to hydrolysis) is 1. The maximum absolute atomic E-state index is 15.4. The lowest BCUT2D eigenvalue weighted by atomic mass is 9.81. The van der Waals surface area contributed by atoms with Crippen molar-refractivity contribution in [2.24, 2.45) is 11.7 Å². The number of amides is 9. The third kappa shape index (κ3) is 22.3. The summed E-state index contributed by atoms with van der Waals surface area (Å²) in [6.45, 7) is 8.88. The highest BCUT2D eigenvalue weighted by Gasteiger charge is 2.46. The Morgan fingerprint density at radius 3 is 2.18 bits per heavy atom. The van der Waals surface area contributed by atoms with Crippen LogP contribution in [0.4, 0.5) is 19.7 Å². The third-order valence-electron chi connectivity index (χ3n) is 18.2. The predicted octanol–water partition coefficient (Wildman–Crippen LogP) is 2.89. The van der Waals surface area contributed by atoms with Gasteiger partial charge in [0.15, 0.2) is 5.60 Å². The second-order valence-electron chi connectivity index (χ2n) is 25.9. The molecule has 9 amide bonds. The first-order valence-electron chi connectivity index (χ1n) is 34.9. The van der Waals surface area contributed by atoms with Crippen molar-refractivity contribution >= 4 is 70.1 Å². The highest BCUT2D eigenvalue weighted by Crippen LogP contribution is 2.46. The van der Waals surface area contributed by atoms with E-state index in [1.54, 1.807) is 33.8 Å². The molecule has 0 saturated carbocycles. The van der Waals surface area contributed by atoms with E-state index < -0.39 is 115 Å². The van der Waals surface area contributed by atoms with Gasteiger partial charge in [-0.1, -0.05) is 57.4 Å². The van der Waals surface area contributed by atoms with Crippen LogP contribution >= 0.6 is 0 Å². The number of esters is 1. The number of aromatic nitrogens is 2. The summed E-state index contributed by atoms with van der Waals surface area (Å²) in [7, 11) is 0. The number of nitrogens with one attached hydrogen (secondary N) is 8. The van der Waals surface area contributed by atoms with Gasteiger partial charge in [0.1, 0.15) is 57.1 Å². The average molecular weight is 1440 g/mol. The van der Waals surface area contributed by atoms with Crippen LogP contribution in [0, 0.1) is 18.7 Å². The lowest BCUT2D eigenvalue weighted by Crippen LogP contribution is -2.54. The third-order valence-corrected chi connectivity index (χ3v) is 18.2. The molecule has 31 nitrogen and oxygen atoms in total. The van der Waals surface area contributed by atoms with Crippen LogP contribution in [0.3, 0.4) is 0 Å². The zero-order valence-corrected chi connectivity index (χ0v) is 58.9. The number of hydrogen-bond acceptors (Lipinski definition) is 21. The number of pyridine rings is 2. The van der Waals surface area contributed by atoms with E-state index in [9.17, 15) is 58.2 Å². The normalized spacial score (nSPS) is 18.0. The van der Waals surface area contributed by atoms with Gasteiger partial charge in [0.2, 0.25) is 35.4 Å². The molecule has 4 aliphatic rings. The van der Waals surface area contributed by atoms with E-state index in [4.69, 9.17) is 48.6 Å². The summed E-state index contributed by atoms with van der Waals surface area (Å²) < 4.78 is 60.9. The molecular weight excluding hydrogens is 1350 g/mol. The molecule has 4 aromatic rings. The summed E-state index contributed by atoms with van der Waals surface area (Å²) in [5.41, 5.74) is 8.22. The monoisotopic (exact) mass is 1440 g/mol. The quantitative estimate of drug-likeness (QED) is 0.0117. The first-order chi connectivity index (χ1) is 49.5. The van der Waals surface area contributed by atoms with Crippen molar-refractivity contribution in [2.45, 2.75) is 161 Å². The maximum Gasteiger partial charge on any atom is 0.408 e. The molecule has 2 aliphatic heterocycles. The number of hydrogen-bond donors (Lipinski definition) is 11. The Morgan fingerprint density at radius 1 is 0.767 bits per heavy atom. The number of aryl methyl sites for hydroxylation is 1. The van der Waals surface area contributed by atoms with E-state index in [1.165, 1.54) is 53.3 Å². The molecule has 6 atom stereocenters. The number of anilines is 1. The van der Waals surface area contributed by atoms with E-state index in [0.29, 0.717) is 103 Å². The zero-order chi connectivity index (χ0) is 74.2. The molecule has 4 heterocycles. The zero-order valence-electron chi connectivity index (χ0n) is 58.9. The predicted molar refractivity (Wildman–Crippen MR) is 370 cm³/mol. The van der Waals surface area contributed by atoms with Gasteiger partial charge in [-0.05, 0) is 112 Å². The number of aliphatic hydroxyl groups is 2. The van der Waals surface area contributed by atoms with Crippen LogP contribution in [0.25, 0.3) is 22.3 Å². The van der Waals surface area contributed by atoms with Gasteiger partial charge in [-0.15, -0.1) is 0 Å². The molecule has 0 fully saturated rings. The number of cyclic esters (lactones) is 1. The van der Waals surface area contributed by atoms with Crippen LogP contribution in [0.2, 0.25) is 0 Å². The van der Waals surface area contributed by atoms with Gasteiger partial charge >= 0.3 is 18.1 Å². The van der Waals surface area contributed by atoms with Gasteiger partial charge in [0, 0.05) is 47.8 Å². The standard InChI is InChI=1S/C71H96FN11O20/c1-6-71(95)50-32-56-63-48(34-83(56)67(91)49(50)37-102-68(71)92)61-52(19-18-47-43(5)51(72)33-54(79-63)60(47)61)78-59(87)38-100-40-76-64(88)55(35-84)81-70(94)103-36-44-14-16-45(17-15-44)77-65(89)53(13-10-21-75-69(73)93)80-66(90)62(41(2)3)82-57(85)20-23-96-25-27-98-29-30-99-28-26-97-24-22-74-58(86)39-101-46-12-9-7-8-11-42(4)31-46/h14-17,31-33,41,46,52-53,55,62,84,95H,6-13,18-30,34-40H2,1-5H3,(H,74,86)(H,76,88)(H,77,89)(H,78,87)(H,80,90)(H,81,94)(H,82,85)(H3,73,75,93)/b42-31-/t46?,52-,53-,55-,62-,71-/m0/s1. The number of aliphatic hydroxyl groups excluding tert-OH is 1. The summed E-state index contributed by atoms with van der Waals surface area (Å²) in [5.74, 6) is -5.14. The van der Waals surface area contributed by atoms with Gasteiger partial charge in [0.05, 0.1) is 101 Å². The largest absolute Gasteiger partial charge is 0.458 e. The fourth-order valence-corrected chi connectivity index (χ4v) is 12.6. The van der Waals surface area contributed by atoms with Gasteiger partial charge in [-0.25, -0.2) is 23.8 Å². The molecule has 32 heteroatoms. The second kappa shape index (κ2) is 39.0. The minimum Gasteiger partial charge on any atom is -0.458 e. The van der Waals surface area contributed by atoms with Crippen molar-refractivity contribution in [2.75, 3.05) is 97.8 Å². The fourth-order valence-electron chi connectivity index (χ4n) is 12.6. The van der Waals surface area contributed by atoms with E-state index in [0.717, 1.165) is 19.3 Å². The van der Waals surface area contributed by atoms with Gasteiger partial charge in [-0.2, -0.15) is 0 Å². The number of carbonyl (C=O) groups excluding carboxylic acids is 9. The van der Waals surface area contributed by atoms with E-state index in [-0.39, 0.29) is 107 Å². The fraction of sp³-hybridized carbons (Fsp3) is 0.563. The lowest BCUT2D eigenvalue weighted by molar-refractivity contribution is -0.172. The average Bonchev–Trinajstić information content (AvgIpc) is 1.60. The highest BCUT2D eigenvalue weighted by atomic mass is 19.1. The van der Waals surface area contributed by atoms with E-state index in [1.807, 2.05) is 0 Å². The summed E-state index contributed by atoms with van der Waals surface area (Å²) in [4.78, 5) is 135. The van der Waals surface area contributed by atoms with Crippen LogP contribution in [-0.2, 0) is 103 Å². The smallest absolute Gasteiger partial charge is 0.408 e. The number of halogens is 1. The molecule has 2 aliphatic carbocycles. The van der Waals surface area contributed by atoms with Crippen molar-refractivity contribution < 1.29 is 95.6 Å². The number of carbonyl (C=O) groups is 9. The number of nitrogens with zero attached hydrogens (tertiary/aromatic N) is 2. The molecule has 0 bridgehead atoms. The first-order valence-corrected chi connectivity index (χ1v) is 34.9. The molecule has 2 aromatic carbocycles. The number of allylic oxidation sites excluding steroid dienone is 1. The number of urea groups is 1. The Kier molecular flexibility index (Phi) is 30.2. The van der Waals surface area contributed by atoms with Crippen molar-refractivity contribution in [3.63, 3.8) is 0 Å².